The standard InChI is InChI=1S/C19H27N3O2/c23-18(12-17-9-4-10-20-17)22-11-5-6-15(14-22)13-21-19(24)16-7-2-1-3-8-16/h1-3,7-8,15,17,20H,4-6,9-14H2,(H,21,24). The Bertz CT molecular complexity index is 555. The van der Waals surface area contributed by atoms with Crippen molar-refractivity contribution in [2.45, 2.75) is 38.1 Å². The maximum Gasteiger partial charge on any atom is 0.251 e. The third kappa shape index (κ3) is 4.57. The molecule has 1 aromatic carbocycles. The molecule has 2 atom stereocenters. The second-order valence-corrected chi connectivity index (χ2v) is 6.92. The number of nitrogens with one attached hydrogen (secondary N) is 2. The molecule has 24 heavy (non-hydrogen) atoms. The molecule has 2 aliphatic heterocycles. The highest BCUT2D eigenvalue weighted by molar-refractivity contribution is 5.94. The smallest absolute Gasteiger partial charge is 0.251 e. The lowest BCUT2D eigenvalue weighted by atomic mass is 9.97. The summed E-state index contributed by atoms with van der Waals surface area (Å²) in [7, 11) is 0. The Balaban J connectivity index is 1.45. The van der Waals surface area contributed by atoms with Crippen molar-refractivity contribution in [3.63, 3.8) is 0 Å². The van der Waals surface area contributed by atoms with Gasteiger partial charge in [0.15, 0.2) is 0 Å². The molecule has 130 valence electrons. The SMILES string of the molecule is O=C(NCC1CCCN(C(=O)CC2CCCN2)C1)c1ccccc1. The summed E-state index contributed by atoms with van der Waals surface area (Å²) < 4.78 is 0. The highest BCUT2D eigenvalue weighted by atomic mass is 16.2. The number of likely N-dealkylation sites (tertiary alicyclic amines) is 1. The number of rotatable bonds is 5. The van der Waals surface area contributed by atoms with Gasteiger partial charge >= 0.3 is 0 Å². The van der Waals surface area contributed by atoms with Crippen LogP contribution in [0, 0.1) is 5.92 Å². The Labute approximate surface area is 143 Å². The number of hydrogen-bond acceptors (Lipinski definition) is 3. The zero-order valence-corrected chi connectivity index (χ0v) is 14.2. The first-order valence-electron chi connectivity index (χ1n) is 9.07. The van der Waals surface area contributed by atoms with Crippen molar-refractivity contribution in [3.05, 3.63) is 35.9 Å². The minimum absolute atomic E-state index is 0.0331. The summed E-state index contributed by atoms with van der Waals surface area (Å²) in [6.45, 7) is 3.29. The van der Waals surface area contributed by atoms with Crippen LogP contribution in [0.1, 0.15) is 42.5 Å². The molecule has 0 radical (unpaired) electrons. The summed E-state index contributed by atoms with van der Waals surface area (Å²) in [5, 5.41) is 6.40. The average Bonchev–Trinajstić information content (AvgIpc) is 3.13. The van der Waals surface area contributed by atoms with Crippen LogP contribution in [0.2, 0.25) is 0 Å². The molecular weight excluding hydrogens is 302 g/mol. The average molecular weight is 329 g/mol. The van der Waals surface area contributed by atoms with Gasteiger partial charge < -0.3 is 15.5 Å². The zero-order chi connectivity index (χ0) is 16.8. The van der Waals surface area contributed by atoms with Crippen molar-refractivity contribution in [1.82, 2.24) is 15.5 Å². The summed E-state index contributed by atoms with van der Waals surface area (Å²) in [4.78, 5) is 26.6. The van der Waals surface area contributed by atoms with E-state index in [0.29, 0.717) is 30.5 Å². The highest BCUT2D eigenvalue weighted by Crippen LogP contribution is 2.18. The second-order valence-electron chi connectivity index (χ2n) is 6.92. The summed E-state index contributed by atoms with van der Waals surface area (Å²) in [5.74, 6) is 0.578. The number of benzene rings is 1. The van der Waals surface area contributed by atoms with Crippen LogP contribution >= 0.6 is 0 Å². The van der Waals surface area contributed by atoms with E-state index in [0.717, 1.165) is 38.9 Å². The van der Waals surface area contributed by atoms with Gasteiger partial charge in [-0.3, -0.25) is 9.59 Å². The van der Waals surface area contributed by atoms with Crippen molar-refractivity contribution < 1.29 is 9.59 Å². The molecule has 5 nitrogen and oxygen atoms in total. The number of hydrogen-bond donors (Lipinski definition) is 2. The quantitative estimate of drug-likeness (QED) is 0.866. The first kappa shape index (κ1) is 17.0. The number of amides is 2. The van der Waals surface area contributed by atoms with Gasteiger partial charge in [-0.2, -0.15) is 0 Å². The largest absolute Gasteiger partial charge is 0.352 e. The molecule has 2 amide bonds. The Hall–Kier alpha value is -1.88. The van der Waals surface area contributed by atoms with Crippen LogP contribution in [-0.2, 0) is 4.79 Å². The molecule has 0 bridgehead atoms. The summed E-state index contributed by atoms with van der Waals surface area (Å²) >= 11 is 0. The third-order valence-electron chi connectivity index (χ3n) is 5.04. The Morgan fingerprint density at radius 3 is 2.75 bits per heavy atom. The maximum atomic E-state index is 12.5. The molecule has 2 N–H and O–H groups in total. The van der Waals surface area contributed by atoms with E-state index in [1.54, 1.807) is 0 Å². The van der Waals surface area contributed by atoms with E-state index in [2.05, 4.69) is 10.6 Å². The fourth-order valence-electron chi connectivity index (χ4n) is 3.66. The summed E-state index contributed by atoms with van der Waals surface area (Å²) in [5.41, 5.74) is 0.688. The van der Waals surface area contributed by atoms with Crippen LogP contribution in [-0.4, -0.2) is 48.9 Å². The van der Waals surface area contributed by atoms with Gasteiger partial charge in [0.2, 0.25) is 5.91 Å². The molecule has 2 saturated heterocycles. The molecule has 2 aliphatic rings. The van der Waals surface area contributed by atoms with Gasteiger partial charge in [-0.15, -0.1) is 0 Å². The second kappa shape index (κ2) is 8.29. The highest BCUT2D eigenvalue weighted by Gasteiger charge is 2.26. The topological polar surface area (TPSA) is 61.4 Å². The van der Waals surface area contributed by atoms with Crippen molar-refractivity contribution in [2.24, 2.45) is 5.92 Å². The van der Waals surface area contributed by atoms with Gasteiger partial charge in [-0.25, -0.2) is 0 Å². The number of carbonyl (C=O) groups excluding carboxylic acids is 2. The van der Waals surface area contributed by atoms with E-state index in [9.17, 15) is 9.59 Å². The molecule has 1 aromatic rings. The van der Waals surface area contributed by atoms with Crippen molar-refractivity contribution in [2.75, 3.05) is 26.2 Å². The van der Waals surface area contributed by atoms with Crippen LogP contribution in [0.15, 0.2) is 30.3 Å². The molecule has 3 rings (SSSR count). The summed E-state index contributed by atoms with van der Waals surface area (Å²) in [6.07, 6.45) is 4.99. The lowest BCUT2D eigenvalue weighted by molar-refractivity contribution is -0.133. The molecule has 0 aromatic heterocycles. The first-order chi connectivity index (χ1) is 11.7. The Kier molecular flexibility index (Phi) is 5.86. The van der Waals surface area contributed by atoms with Gasteiger partial charge in [0.1, 0.15) is 0 Å². The molecule has 2 heterocycles. The minimum Gasteiger partial charge on any atom is -0.352 e. The maximum absolute atomic E-state index is 12.5. The Morgan fingerprint density at radius 1 is 1.17 bits per heavy atom. The van der Waals surface area contributed by atoms with Gasteiger partial charge in [-0.1, -0.05) is 18.2 Å². The number of nitrogens with zero attached hydrogens (tertiary/aromatic N) is 1. The molecule has 0 spiro atoms. The van der Waals surface area contributed by atoms with Crippen molar-refractivity contribution in [1.29, 1.82) is 0 Å². The van der Waals surface area contributed by atoms with Crippen LogP contribution in [0.4, 0.5) is 0 Å². The van der Waals surface area contributed by atoms with Gasteiger partial charge in [0.25, 0.3) is 5.91 Å². The normalized spacial score (nSPS) is 23.9. The predicted octanol–water partition coefficient (Wildman–Crippen LogP) is 1.80. The van der Waals surface area contributed by atoms with Crippen LogP contribution in [0.3, 0.4) is 0 Å². The van der Waals surface area contributed by atoms with E-state index >= 15 is 0 Å². The van der Waals surface area contributed by atoms with E-state index in [-0.39, 0.29) is 11.8 Å². The summed E-state index contributed by atoms with van der Waals surface area (Å²) in [6, 6.07) is 9.64. The van der Waals surface area contributed by atoms with E-state index in [1.165, 1.54) is 6.42 Å². The fourth-order valence-corrected chi connectivity index (χ4v) is 3.66. The van der Waals surface area contributed by atoms with E-state index in [1.807, 2.05) is 35.2 Å². The van der Waals surface area contributed by atoms with E-state index in [4.69, 9.17) is 0 Å². The van der Waals surface area contributed by atoms with Crippen LogP contribution < -0.4 is 10.6 Å². The zero-order valence-electron chi connectivity index (χ0n) is 14.2. The fraction of sp³-hybridized carbons (Fsp3) is 0.579. The van der Waals surface area contributed by atoms with Crippen LogP contribution in [0.5, 0.6) is 0 Å². The molecular formula is C19H27N3O2. The van der Waals surface area contributed by atoms with Gasteiger partial charge in [0, 0.05) is 37.7 Å². The van der Waals surface area contributed by atoms with Gasteiger partial charge in [-0.05, 0) is 50.3 Å². The Morgan fingerprint density at radius 2 is 2.00 bits per heavy atom. The molecule has 0 aliphatic carbocycles. The van der Waals surface area contributed by atoms with Crippen molar-refractivity contribution >= 4 is 11.8 Å². The monoisotopic (exact) mass is 329 g/mol. The number of carbonyl (C=O) groups is 2. The molecule has 2 unspecified atom stereocenters. The predicted molar refractivity (Wildman–Crippen MR) is 93.7 cm³/mol. The molecule has 0 saturated carbocycles. The first-order valence-corrected chi connectivity index (χ1v) is 9.07. The van der Waals surface area contributed by atoms with Crippen LogP contribution in [0.25, 0.3) is 0 Å². The number of piperidine rings is 1. The minimum atomic E-state index is -0.0331. The lowest BCUT2D eigenvalue weighted by Crippen LogP contribution is -2.45. The van der Waals surface area contributed by atoms with Gasteiger partial charge in [0.05, 0.1) is 0 Å². The van der Waals surface area contributed by atoms with E-state index < -0.39 is 0 Å². The molecule has 2 fully saturated rings. The molecule has 5 heteroatoms. The van der Waals surface area contributed by atoms with Crippen molar-refractivity contribution in [3.8, 4) is 0 Å². The third-order valence-corrected chi connectivity index (χ3v) is 5.04. The lowest BCUT2D eigenvalue weighted by Gasteiger charge is -2.33.